The molecule has 1 aromatic carbocycles. The summed E-state index contributed by atoms with van der Waals surface area (Å²) in [6, 6.07) is 5.67. The number of hydrogen-bond donors (Lipinski definition) is 2. The van der Waals surface area contributed by atoms with Gasteiger partial charge < -0.3 is 20.1 Å². The summed E-state index contributed by atoms with van der Waals surface area (Å²) in [6.07, 6.45) is -0.610. The van der Waals surface area contributed by atoms with Crippen LogP contribution in [0.25, 0.3) is 0 Å². The van der Waals surface area contributed by atoms with E-state index in [1.54, 1.807) is 18.2 Å². The predicted molar refractivity (Wildman–Crippen MR) is 88.6 cm³/mol. The summed E-state index contributed by atoms with van der Waals surface area (Å²) in [6.45, 7) is 6.66. The maximum atomic E-state index is 9.88. The molecule has 0 amide bonds. The third kappa shape index (κ3) is 6.85. The molecule has 0 saturated heterocycles. The number of likely N-dealkylation sites (N-methyl/N-ethyl adjacent to an activating group) is 1. The molecule has 0 aliphatic heterocycles. The number of hydrogen-bond acceptors (Lipinski definition) is 4. The fraction of sp³-hybridized carbons (Fsp3) is 0.600. The SMILES string of the molecule is CC(C)N(C)CCNCC(O)COc1c(Cl)cccc1Cl. The van der Waals surface area contributed by atoms with Crippen LogP contribution in [-0.2, 0) is 0 Å². The van der Waals surface area contributed by atoms with E-state index in [0.717, 1.165) is 13.1 Å². The van der Waals surface area contributed by atoms with Crippen LogP contribution in [0.5, 0.6) is 5.75 Å². The number of benzene rings is 1. The third-order valence-corrected chi connectivity index (χ3v) is 3.84. The molecular formula is C15H24Cl2N2O2. The lowest BCUT2D eigenvalue weighted by molar-refractivity contribution is 0.105. The normalized spacial score (nSPS) is 13.0. The van der Waals surface area contributed by atoms with Gasteiger partial charge in [-0.1, -0.05) is 29.3 Å². The van der Waals surface area contributed by atoms with E-state index in [0.29, 0.717) is 28.4 Å². The molecule has 0 radical (unpaired) electrons. The Morgan fingerprint density at radius 3 is 2.48 bits per heavy atom. The first-order chi connectivity index (χ1) is 9.91. The van der Waals surface area contributed by atoms with Crippen molar-refractivity contribution in [3.63, 3.8) is 0 Å². The first-order valence-electron chi connectivity index (χ1n) is 7.07. The lowest BCUT2D eigenvalue weighted by atomic mass is 10.3. The quantitative estimate of drug-likeness (QED) is 0.681. The second-order valence-electron chi connectivity index (χ2n) is 5.29. The minimum Gasteiger partial charge on any atom is -0.488 e. The van der Waals surface area contributed by atoms with Crippen LogP contribution in [0.1, 0.15) is 13.8 Å². The molecule has 4 nitrogen and oxygen atoms in total. The van der Waals surface area contributed by atoms with Crippen molar-refractivity contribution in [1.82, 2.24) is 10.2 Å². The zero-order valence-corrected chi connectivity index (χ0v) is 14.3. The number of rotatable bonds is 9. The van der Waals surface area contributed by atoms with Crippen LogP contribution in [0, 0.1) is 0 Å². The summed E-state index contributed by atoms with van der Waals surface area (Å²) >= 11 is 12.0. The van der Waals surface area contributed by atoms with Crippen molar-refractivity contribution in [1.29, 1.82) is 0 Å². The van der Waals surface area contributed by atoms with Crippen LogP contribution in [0.15, 0.2) is 18.2 Å². The minimum atomic E-state index is -0.610. The van der Waals surface area contributed by atoms with Crippen molar-refractivity contribution >= 4 is 23.2 Å². The van der Waals surface area contributed by atoms with Gasteiger partial charge in [-0.25, -0.2) is 0 Å². The fourth-order valence-electron chi connectivity index (χ4n) is 1.64. The number of aliphatic hydroxyl groups is 1. The maximum Gasteiger partial charge on any atom is 0.156 e. The van der Waals surface area contributed by atoms with Crippen LogP contribution in [-0.4, -0.2) is 55.4 Å². The number of para-hydroxylation sites is 1. The number of aliphatic hydroxyl groups excluding tert-OH is 1. The summed E-state index contributed by atoms with van der Waals surface area (Å²) in [5.74, 6) is 0.416. The van der Waals surface area contributed by atoms with Crippen LogP contribution in [0.4, 0.5) is 0 Å². The van der Waals surface area contributed by atoms with Gasteiger partial charge in [-0.2, -0.15) is 0 Å². The highest BCUT2D eigenvalue weighted by molar-refractivity contribution is 6.37. The van der Waals surface area contributed by atoms with Crippen molar-refractivity contribution < 1.29 is 9.84 Å². The van der Waals surface area contributed by atoms with Crippen LogP contribution in [0.2, 0.25) is 10.0 Å². The monoisotopic (exact) mass is 334 g/mol. The molecule has 0 heterocycles. The van der Waals surface area contributed by atoms with Gasteiger partial charge in [-0.3, -0.25) is 0 Å². The Balaban J connectivity index is 2.24. The van der Waals surface area contributed by atoms with Gasteiger partial charge in [0, 0.05) is 25.7 Å². The molecule has 1 rings (SSSR count). The van der Waals surface area contributed by atoms with Crippen molar-refractivity contribution in [2.75, 3.05) is 33.3 Å². The topological polar surface area (TPSA) is 44.7 Å². The van der Waals surface area contributed by atoms with Crippen molar-refractivity contribution in [2.24, 2.45) is 0 Å². The zero-order chi connectivity index (χ0) is 15.8. The smallest absolute Gasteiger partial charge is 0.156 e. The van der Waals surface area contributed by atoms with E-state index in [-0.39, 0.29) is 6.61 Å². The molecule has 0 saturated carbocycles. The molecule has 120 valence electrons. The average molecular weight is 335 g/mol. The van der Waals surface area contributed by atoms with Crippen LogP contribution in [0.3, 0.4) is 0 Å². The zero-order valence-electron chi connectivity index (χ0n) is 12.8. The molecule has 0 fully saturated rings. The number of ether oxygens (including phenoxy) is 1. The Labute approximate surface area is 137 Å². The predicted octanol–water partition coefficient (Wildman–Crippen LogP) is 2.66. The van der Waals surface area contributed by atoms with Gasteiger partial charge >= 0.3 is 0 Å². The summed E-state index contributed by atoms with van der Waals surface area (Å²) < 4.78 is 5.48. The molecule has 21 heavy (non-hydrogen) atoms. The second kappa shape index (κ2) is 9.49. The molecular weight excluding hydrogens is 311 g/mol. The van der Waals surface area contributed by atoms with Crippen LogP contribution < -0.4 is 10.1 Å². The lowest BCUT2D eigenvalue weighted by Crippen LogP contribution is -2.38. The average Bonchev–Trinajstić information content (AvgIpc) is 2.42. The minimum absolute atomic E-state index is 0.149. The number of nitrogens with zero attached hydrogens (tertiary/aromatic N) is 1. The molecule has 0 bridgehead atoms. The molecule has 0 aromatic heterocycles. The highest BCUT2D eigenvalue weighted by Gasteiger charge is 2.10. The van der Waals surface area contributed by atoms with E-state index < -0.39 is 6.10 Å². The summed E-state index contributed by atoms with van der Waals surface area (Å²) in [4.78, 5) is 2.24. The Bertz CT molecular complexity index is 410. The standard InChI is InChI=1S/C15H24Cl2N2O2/c1-11(2)19(3)8-7-18-9-12(20)10-21-15-13(16)5-4-6-14(15)17/h4-6,11-12,18,20H,7-10H2,1-3H3. The van der Waals surface area contributed by atoms with Crippen LogP contribution >= 0.6 is 23.2 Å². The fourth-order valence-corrected chi connectivity index (χ4v) is 2.15. The number of nitrogens with one attached hydrogen (secondary N) is 1. The molecule has 0 aliphatic carbocycles. The first kappa shape index (κ1) is 18.5. The Kier molecular flexibility index (Phi) is 8.37. The van der Waals surface area contributed by atoms with E-state index >= 15 is 0 Å². The summed E-state index contributed by atoms with van der Waals surface area (Å²) in [5, 5.41) is 14.0. The van der Waals surface area contributed by atoms with Crippen molar-refractivity contribution in [3.05, 3.63) is 28.2 Å². The first-order valence-corrected chi connectivity index (χ1v) is 7.83. The molecule has 6 heteroatoms. The van der Waals surface area contributed by atoms with E-state index in [1.165, 1.54) is 0 Å². The van der Waals surface area contributed by atoms with Gasteiger partial charge in [0.05, 0.1) is 10.0 Å². The van der Waals surface area contributed by atoms with Gasteiger partial charge in [0.25, 0.3) is 0 Å². The molecule has 2 N–H and O–H groups in total. The van der Waals surface area contributed by atoms with E-state index in [1.807, 2.05) is 0 Å². The second-order valence-corrected chi connectivity index (χ2v) is 6.11. The van der Waals surface area contributed by atoms with E-state index in [9.17, 15) is 5.11 Å². The lowest BCUT2D eigenvalue weighted by Gasteiger charge is -2.21. The Morgan fingerprint density at radius 1 is 1.29 bits per heavy atom. The summed E-state index contributed by atoms with van der Waals surface area (Å²) in [7, 11) is 2.07. The maximum absolute atomic E-state index is 9.88. The summed E-state index contributed by atoms with van der Waals surface area (Å²) in [5.41, 5.74) is 0. The highest BCUT2D eigenvalue weighted by atomic mass is 35.5. The molecule has 1 unspecified atom stereocenters. The molecule has 1 atom stereocenters. The van der Waals surface area contributed by atoms with E-state index in [4.69, 9.17) is 27.9 Å². The highest BCUT2D eigenvalue weighted by Crippen LogP contribution is 2.32. The number of halogens is 2. The van der Waals surface area contributed by atoms with Gasteiger partial charge in [-0.15, -0.1) is 0 Å². The van der Waals surface area contributed by atoms with E-state index in [2.05, 4.69) is 31.1 Å². The van der Waals surface area contributed by atoms with Gasteiger partial charge in [0.2, 0.25) is 0 Å². The third-order valence-electron chi connectivity index (χ3n) is 3.24. The van der Waals surface area contributed by atoms with Gasteiger partial charge in [0.1, 0.15) is 12.7 Å². The Morgan fingerprint density at radius 2 is 1.90 bits per heavy atom. The molecule has 0 spiro atoms. The molecule has 1 aromatic rings. The van der Waals surface area contributed by atoms with Gasteiger partial charge in [0.15, 0.2) is 5.75 Å². The van der Waals surface area contributed by atoms with Crippen molar-refractivity contribution in [2.45, 2.75) is 26.0 Å². The van der Waals surface area contributed by atoms with Gasteiger partial charge in [-0.05, 0) is 33.0 Å². The largest absolute Gasteiger partial charge is 0.488 e. The van der Waals surface area contributed by atoms with Crippen molar-refractivity contribution in [3.8, 4) is 5.75 Å². The Hall–Kier alpha value is -0.520. The molecule has 0 aliphatic rings.